The van der Waals surface area contributed by atoms with Crippen LogP contribution in [0.2, 0.25) is 0 Å². The minimum atomic E-state index is -0.649. The van der Waals surface area contributed by atoms with Crippen LogP contribution in [0, 0.1) is 5.92 Å². The zero-order valence-electron chi connectivity index (χ0n) is 12.7. The monoisotopic (exact) mass is 278 g/mol. The van der Waals surface area contributed by atoms with Crippen molar-refractivity contribution in [2.75, 3.05) is 7.11 Å². The molecule has 0 saturated carbocycles. The van der Waals surface area contributed by atoms with Crippen LogP contribution in [0.3, 0.4) is 0 Å². The Labute approximate surface area is 122 Å². The van der Waals surface area contributed by atoms with Gasteiger partial charge < -0.3 is 9.84 Å². The molecule has 0 radical (unpaired) electrons. The van der Waals surface area contributed by atoms with E-state index in [1.54, 1.807) is 0 Å². The molecule has 0 aromatic heterocycles. The van der Waals surface area contributed by atoms with Crippen molar-refractivity contribution in [2.24, 2.45) is 5.92 Å². The van der Waals surface area contributed by atoms with E-state index in [9.17, 15) is 9.90 Å². The predicted octanol–water partition coefficient (Wildman–Crippen LogP) is 3.52. The van der Waals surface area contributed by atoms with E-state index in [0.717, 1.165) is 12.8 Å². The molecule has 0 aliphatic carbocycles. The number of carbonyl (C=O) groups excluding carboxylic acids is 1. The number of hydrogen-bond donors (Lipinski definition) is 1. The van der Waals surface area contributed by atoms with E-state index in [2.05, 4.69) is 26.0 Å². The average molecular weight is 278 g/mol. The van der Waals surface area contributed by atoms with Crippen LogP contribution < -0.4 is 0 Å². The van der Waals surface area contributed by atoms with Gasteiger partial charge in [0.1, 0.15) is 0 Å². The van der Waals surface area contributed by atoms with Crippen molar-refractivity contribution in [3.05, 3.63) is 35.9 Å². The molecule has 1 rings (SSSR count). The van der Waals surface area contributed by atoms with Gasteiger partial charge in [0.2, 0.25) is 0 Å². The Bertz CT molecular complexity index is 388. The van der Waals surface area contributed by atoms with Gasteiger partial charge in [-0.1, -0.05) is 57.0 Å². The van der Waals surface area contributed by atoms with Crippen LogP contribution in [0.25, 0.3) is 0 Å². The maximum atomic E-state index is 11.8. The number of unbranched alkanes of at least 4 members (excludes halogenated alkanes) is 1. The number of methoxy groups -OCH3 is 1. The van der Waals surface area contributed by atoms with Gasteiger partial charge in [-0.2, -0.15) is 0 Å². The molecule has 1 aromatic rings. The lowest BCUT2D eigenvalue weighted by Crippen LogP contribution is -2.30. The van der Waals surface area contributed by atoms with Crippen LogP contribution in [0.15, 0.2) is 30.3 Å². The van der Waals surface area contributed by atoms with Gasteiger partial charge in [0, 0.05) is 0 Å². The summed E-state index contributed by atoms with van der Waals surface area (Å²) in [6, 6.07) is 10.1. The number of carbonyl (C=O) groups is 1. The second-order valence-electron chi connectivity index (χ2n) is 5.39. The molecule has 0 amide bonds. The summed E-state index contributed by atoms with van der Waals surface area (Å²) < 4.78 is 4.82. The van der Waals surface area contributed by atoms with Crippen LogP contribution in [0.4, 0.5) is 0 Å². The fourth-order valence-corrected chi connectivity index (χ4v) is 2.49. The zero-order chi connectivity index (χ0) is 15.0. The first-order chi connectivity index (χ1) is 9.60. The minimum absolute atomic E-state index is 0.222. The molecule has 0 spiro atoms. The molecule has 3 unspecified atom stereocenters. The largest absolute Gasteiger partial charge is 0.469 e. The van der Waals surface area contributed by atoms with E-state index in [-0.39, 0.29) is 11.9 Å². The van der Waals surface area contributed by atoms with Gasteiger partial charge in [-0.25, -0.2) is 0 Å². The van der Waals surface area contributed by atoms with Gasteiger partial charge in [0.15, 0.2) is 0 Å². The molecule has 3 nitrogen and oxygen atoms in total. The van der Waals surface area contributed by atoms with Crippen molar-refractivity contribution in [3.63, 3.8) is 0 Å². The summed E-state index contributed by atoms with van der Waals surface area (Å²) >= 11 is 0. The summed E-state index contributed by atoms with van der Waals surface area (Å²) in [7, 11) is 1.38. The fourth-order valence-electron chi connectivity index (χ4n) is 2.49. The van der Waals surface area contributed by atoms with Crippen molar-refractivity contribution in [3.8, 4) is 0 Å². The SMILES string of the molecule is CCCCC(C(=O)OC)C(O)CC(C)c1ccccc1. The normalized spacial score (nSPS) is 15.4. The maximum absolute atomic E-state index is 11.8. The average Bonchev–Trinajstić information content (AvgIpc) is 2.48. The van der Waals surface area contributed by atoms with Crippen LogP contribution in [0.5, 0.6) is 0 Å². The van der Waals surface area contributed by atoms with Gasteiger partial charge in [-0.15, -0.1) is 0 Å². The van der Waals surface area contributed by atoms with Crippen molar-refractivity contribution < 1.29 is 14.6 Å². The quantitative estimate of drug-likeness (QED) is 0.740. The summed E-state index contributed by atoms with van der Waals surface area (Å²) in [5.41, 5.74) is 1.19. The number of benzene rings is 1. The van der Waals surface area contributed by atoms with Gasteiger partial charge in [-0.05, 0) is 24.3 Å². The van der Waals surface area contributed by atoms with Crippen molar-refractivity contribution >= 4 is 5.97 Å². The highest BCUT2D eigenvalue weighted by atomic mass is 16.5. The topological polar surface area (TPSA) is 46.5 Å². The van der Waals surface area contributed by atoms with E-state index in [1.165, 1.54) is 12.7 Å². The minimum Gasteiger partial charge on any atom is -0.469 e. The molecule has 3 heteroatoms. The Morgan fingerprint density at radius 1 is 1.30 bits per heavy atom. The molecule has 0 saturated heterocycles. The molecular formula is C17H26O3. The number of rotatable bonds is 8. The number of aliphatic hydroxyl groups excluding tert-OH is 1. The second-order valence-corrected chi connectivity index (χ2v) is 5.39. The third-order valence-electron chi connectivity index (χ3n) is 3.80. The third kappa shape index (κ3) is 4.97. The lowest BCUT2D eigenvalue weighted by atomic mass is 9.87. The molecule has 0 aliphatic heterocycles. The zero-order valence-corrected chi connectivity index (χ0v) is 12.7. The number of ether oxygens (including phenoxy) is 1. The lowest BCUT2D eigenvalue weighted by molar-refractivity contribution is -0.150. The molecule has 112 valence electrons. The van der Waals surface area contributed by atoms with Crippen LogP contribution in [-0.4, -0.2) is 24.3 Å². The van der Waals surface area contributed by atoms with Crippen LogP contribution in [-0.2, 0) is 9.53 Å². The maximum Gasteiger partial charge on any atom is 0.311 e. The Morgan fingerprint density at radius 2 is 1.95 bits per heavy atom. The molecule has 1 aromatic carbocycles. The first-order valence-corrected chi connectivity index (χ1v) is 7.41. The summed E-state index contributed by atoms with van der Waals surface area (Å²) in [5, 5.41) is 10.4. The van der Waals surface area contributed by atoms with Gasteiger partial charge in [0.05, 0.1) is 19.1 Å². The number of esters is 1. The summed E-state index contributed by atoms with van der Waals surface area (Å²) in [5.74, 6) is -0.489. The lowest BCUT2D eigenvalue weighted by Gasteiger charge is -2.23. The standard InChI is InChI=1S/C17H26O3/c1-4-5-11-15(17(19)20-3)16(18)12-13(2)14-9-7-6-8-10-14/h6-10,13,15-16,18H,4-5,11-12H2,1-3H3. The fraction of sp³-hybridized carbons (Fsp3) is 0.588. The van der Waals surface area contributed by atoms with E-state index in [1.807, 2.05) is 18.2 Å². The van der Waals surface area contributed by atoms with Gasteiger partial charge >= 0.3 is 5.97 Å². The Balaban J connectivity index is 2.65. The molecule has 0 aliphatic rings. The number of hydrogen-bond acceptors (Lipinski definition) is 3. The molecule has 0 bridgehead atoms. The second kappa shape index (κ2) is 8.75. The van der Waals surface area contributed by atoms with Crippen molar-refractivity contribution in [1.29, 1.82) is 0 Å². The molecular weight excluding hydrogens is 252 g/mol. The molecule has 1 N–H and O–H groups in total. The molecule has 0 fully saturated rings. The van der Waals surface area contributed by atoms with E-state index in [4.69, 9.17) is 4.74 Å². The number of aliphatic hydroxyl groups is 1. The van der Waals surface area contributed by atoms with Crippen molar-refractivity contribution in [2.45, 2.75) is 51.6 Å². The first kappa shape index (κ1) is 16.7. The highest BCUT2D eigenvalue weighted by molar-refractivity contribution is 5.72. The molecule has 0 heterocycles. The summed E-state index contributed by atoms with van der Waals surface area (Å²) in [4.78, 5) is 11.8. The smallest absolute Gasteiger partial charge is 0.311 e. The van der Waals surface area contributed by atoms with Gasteiger partial charge in [0.25, 0.3) is 0 Å². The highest BCUT2D eigenvalue weighted by Crippen LogP contribution is 2.26. The third-order valence-corrected chi connectivity index (χ3v) is 3.80. The molecule has 20 heavy (non-hydrogen) atoms. The summed E-state index contributed by atoms with van der Waals surface area (Å²) in [6.45, 7) is 4.15. The summed E-state index contributed by atoms with van der Waals surface area (Å²) in [6.07, 6.45) is 2.55. The Morgan fingerprint density at radius 3 is 2.50 bits per heavy atom. The first-order valence-electron chi connectivity index (χ1n) is 7.41. The molecule has 3 atom stereocenters. The Kier molecular flexibility index (Phi) is 7.31. The highest BCUT2D eigenvalue weighted by Gasteiger charge is 2.28. The van der Waals surface area contributed by atoms with E-state index in [0.29, 0.717) is 12.8 Å². The van der Waals surface area contributed by atoms with Crippen molar-refractivity contribution in [1.82, 2.24) is 0 Å². The van der Waals surface area contributed by atoms with Crippen LogP contribution in [0.1, 0.15) is 51.0 Å². The van der Waals surface area contributed by atoms with Crippen LogP contribution >= 0.6 is 0 Å². The predicted molar refractivity (Wildman–Crippen MR) is 80.5 cm³/mol. The van der Waals surface area contributed by atoms with E-state index >= 15 is 0 Å². The van der Waals surface area contributed by atoms with Gasteiger partial charge in [-0.3, -0.25) is 4.79 Å². The Hall–Kier alpha value is -1.35. The van der Waals surface area contributed by atoms with E-state index < -0.39 is 12.0 Å².